The van der Waals surface area contributed by atoms with Crippen molar-refractivity contribution in [1.82, 2.24) is 5.32 Å². The third-order valence-electron chi connectivity index (χ3n) is 3.97. The third-order valence-corrected chi connectivity index (χ3v) is 5.69. The van der Waals surface area contributed by atoms with E-state index in [0.717, 1.165) is 22.9 Å². The van der Waals surface area contributed by atoms with Gasteiger partial charge in [0.05, 0.1) is 10.9 Å². The number of rotatable bonds is 6. The van der Waals surface area contributed by atoms with Crippen LogP contribution in [0, 0.1) is 13.8 Å². The lowest BCUT2D eigenvalue weighted by Crippen LogP contribution is -2.31. The van der Waals surface area contributed by atoms with Crippen LogP contribution >= 0.6 is 11.6 Å². The summed E-state index contributed by atoms with van der Waals surface area (Å²) in [5.41, 5.74) is 2.59. The van der Waals surface area contributed by atoms with Gasteiger partial charge < -0.3 is 10.1 Å². The van der Waals surface area contributed by atoms with E-state index in [9.17, 15) is 13.2 Å². The topological polar surface area (TPSA) is 72.5 Å². The van der Waals surface area contributed by atoms with Gasteiger partial charge in [-0.05, 0) is 61.7 Å². The van der Waals surface area contributed by atoms with Gasteiger partial charge in [-0.15, -0.1) is 0 Å². The molecule has 0 spiro atoms. The molecule has 2 rings (SSSR count). The summed E-state index contributed by atoms with van der Waals surface area (Å²) in [5, 5.41) is 3.51. The molecule has 7 heteroatoms. The maximum absolute atomic E-state index is 12.1. The normalized spacial score (nSPS) is 12.5. The Morgan fingerprint density at radius 3 is 2.19 bits per heavy atom. The average Bonchev–Trinajstić information content (AvgIpc) is 2.57. The van der Waals surface area contributed by atoms with Gasteiger partial charge in [-0.25, -0.2) is 8.42 Å². The summed E-state index contributed by atoms with van der Waals surface area (Å²) in [7, 11) is -3.23. The minimum atomic E-state index is -3.23. The predicted octanol–water partition coefficient (Wildman–Crippen LogP) is 3.62. The molecule has 1 amide bonds. The fourth-order valence-corrected chi connectivity index (χ4v) is 3.25. The van der Waals surface area contributed by atoms with Gasteiger partial charge in [0.1, 0.15) is 5.75 Å². The van der Waals surface area contributed by atoms with Crippen molar-refractivity contribution in [2.24, 2.45) is 0 Å². The number of hydrogen-bond acceptors (Lipinski definition) is 4. The second-order valence-corrected chi connectivity index (χ2v) is 8.68. The van der Waals surface area contributed by atoms with Crippen LogP contribution in [0.3, 0.4) is 0 Å². The van der Waals surface area contributed by atoms with Crippen LogP contribution in [0.5, 0.6) is 5.75 Å². The van der Waals surface area contributed by atoms with Crippen LogP contribution < -0.4 is 10.1 Å². The minimum Gasteiger partial charge on any atom is -0.484 e. The van der Waals surface area contributed by atoms with Gasteiger partial charge in [0.25, 0.3) is 5.91 Å². The second-order valence-electron chi connectivity index (χ2n) is 6.29. The molecule has 0 aliphatic heterocycles. The van der Waals surface area contributed by atoms with Crippen molar-refractivity contribution in [2.75, 3.05) is 12.9 Å². The van der Waals surface area contributed by atoms with Gasteiger partial charge in [-0.3, -0.25) is 4.79 Å². The maximum Gasteiger partial charge on any atom is 0.258 e. The molecule has 0 bridgehead atoms. The van der Waals surface area contributed by atoms with Crippen LogP contribution in [0.4, 0.5) is 0 Å². The van der Waals surface area contributed by atoms with Crippen LogP contribution in [-0.2, 0) is 14.6 Å². The first-order chi connectivity index (χ1) is 12.1. The molecule has 0 aliphatic rings. The summed E-state index contributed by atoms with van der Waals surface area (Å²) >= 11 is 6.12. The Bertz CT molecular complexity index is 885. The lowest BCUT2D eigenvalue weighted by atomic mass is 10.1. The molecule has 2 aromatic rings. The molecule has 1 atom stereocenters. The van der Waals surface area contributed by atoms with Crippen molar-refractivity contribution in [3.63, 3.8) is 0 Å². The van der Waals surface area contributed by atoms with Crippen molar-refractivity contribution in [1.29, 1.82) is 0 Å². The predicted molar refractivity (Wildman–Crippen MR) is 103 cm³/mol. The fourth-order valence-electron chi connectivity index (χ4n) is 2.51. The summed E-state index contributed by atoms with van der Waals surface area (Å²) in [6.07, 6.45) is 1.16. The Kier molecular flexibility index (Phi) is 6.31. The first-order valence-electron chi connectivity index (χ1n) is 8.07. The zero-order chi connectivity index (χ0) is 19.5. The van der Waals surface area contributed by atoms with E-state index in [1.165, 1.54) is 12.1 Å². The standard InChI is InChI=1S/C19H22ClNO4S/c1-12-9-16(10-13(2)19(12)20)25-11-18(22)21-14(3)15-5-7-17(8-6-15)26(4,23)24/h5-10,14H,11H2,1-4H3,(H,21,22). The lowest BCUT2D eigenvalue weighted by molar-refractivity contribution is -0.123. The van der Waals surface area contributed by atoms with Crippen LogP contribution in [0.15, 0.2) is 41.3 Å². The van der Waals surface area contributed by atoms with Gasteiger partial charge in [-0.2, -0.15) is 0 Å². The van der Waals surface area contributed by atoms with Crippen molar-refractivity contribution < 1.29 is 17.9 Å². The minimum absolute atomic E-state index is 0.119. The molecule has 140 valence electrons. The number of hydrogen-bond donors (Lipinski definition) is 1. The summed E-state index contributed by atoms with van der Waals surface area (Å²) < 4.78 is 28.5. The number of halogens is 1. The summed E-state index contributed by atoms with van der Waals surface area (Å²) in [6, 6.07) is 9.74. The Labute approximate surface area is 159 Å². The number of benzene rings is 2. The fraction of sp³-hybridized carbons (Fsp3) is 0.316. The molecule has 2 aromatic carbocycles. The molecule has 1 N–H and O–H groups in total. The summed E-state index contributed by atoms with van der Waals surface area (Å²) in [6.45, 7) is 5.46. The van der Waals surface area contributed by atoms with Gasteiger partial charge in [0, 0.05) is 11.3 Å². The highest BCUT2D eigenvalue weighted by Gasteiger charge is 2.13. The Hall–Kier alpha value is -2.05. The van der Waals surface area contributed by atoms with Crippen molar-refractivity contribution in [3.8, 4) is 5.75 Å². The third kappa shape index (κ3) is 5.22. The van der Waals surface area contributed by atoms with Crippen LogP contribution in [0.2, 0.25) is 5.02 Å². The Balaban J connectivity index is 1.95. The number of carbonyl (C=O) groups is 1. The summed E-state index contributed by atoms with van der Waals surface area (Å²) in [4.78, 5) is 12.4. The Morgan fingerprint density at radius 2 is 1.69 bits per heavy atom. The molecule has 0 heterocycles. The number of aryl methyl sites for hydroxylation is 2. The van der Waals surface area contributed by atoms with E-state index in [-0.39, 0.29) is 23.5 Å². The first-order valence-corrected chi connectivity index (χ1v) is 10.3. The molecule has 5 nitrogen and oxygen atoms in total. The average molecular weight is 396 g/mol. The maximum atomic E-state index is 12.1. The molecule has 0 aliphatic carbocycles. The van der Waals surface area contributed by atoms with E-state index in [1.807, 2.05) is 20.8 Å². The van der Waals surface area contributed by atoms with E-state index >= 15 is 0 Å². The van der Waals surface area contributed by atoms with Crippen LogP contribution in [-0.4, -0.2) is 27.2 Å². The van der Waals surface area contributed by atoms with Crippen LogP contribution in [0.1, 0.15) is 29.7 Å². The van der Waals surface area contributed by atoms with E-state index in [4.69, 9.17) is 16.3 Å². The van der Waals surface area contributed by atoms with Gasteiger partial charge in [0.15, 0.2) is 16.4 Å². The highest BCUT2D eigenvalue weighted by molar-refractivity contribution is 7.90. The second kappa shape index (κ2) is 8.10. The molecule has 0 saturated heterocycles. The smallest absolute Gasteiger partial charge is 0.258 e. The van der Waals surface area contributed by atoms with Crippen LogP contribution in [0.25, 0.3) is 0 Å². The van der Waals surface area contributed by atoms with Gasteiger partial charge >= 0.3 is 0 Å². The van der Waals surface area contributed by atoms with E-state index < -0.39 is 9.84 Å². The van der Waals surface area contributed by atoms with Gasteiger partial charge in [-0.1, -0.05) is 23.7 Å². The van der Waals surface area contributed by atoms with E-state index in [0.29, 0.717) is 10.8 Å². The lowest BCUT2D eigenvalue weighted by Gasteiger charge is -2.15. The molecule has 1 unspecified atom stereocenters. The quantitative estimate of drug-likeness (QED) is 0.810. The van der Waals surface area contributed by atoms with E-state index in [2.05, 4.69) is 5.32 Å². The molecular formula is C19H22ClNO4S. The Morgan fingerprint density at radius 1 is 1.15 bits per heavy atom. The largest absolute Gasteiger partial charge is 0.484 e. The van der Waals surface area contributed by atoms with Gasteiger partial charge in [0.2, 0.25) is 0 Å². The first kappa shape index (κ1) is 20.3. The van der Waals surface area contributed by atoms with Crippen molar-refractivity contribution in [3.05, 3.63) is 58.1 Å². The number of amides is 1. The number of carbonyl (C=O) groups excluding carboxylic acids is 1. The SMILES string of the molecule is Cc1cc(OCC(=O)NC(C)c2ccc(S(C)(=O)=O)cc2)cc(C)c1Cl. The zero-order valence-electron chi connectivity index (χ0n) is 15.2. The molecule has 0 saturated carbocycles. The summed E-state index contributed by atoms with van der Waals surface area (Å²) in [5.74, 6) is 0.319. The molecule has 0 radical (unpaired) electrons. The van der Waals surface area contributed by atoms with E-state index in [1.54, 1.807) is 24.3 Å². The number of nitrogens with one attached hydrogen (secondary N) is 1. The number of ether oxygens (including phenoxy) is 1. The molecule has 26 heavy (non-hydrogen) atoms. The zero-order valence-corrected chi connectivity index (χ0v) is 16.7. The molecule has 0 fully saturated rings. The molecule has 0 aromatic heterocycles. The highest BCUT2D eigenvalue weighted by atomic mass is 35.5. The molecular weight excluding hydrogens is 374 g/mol. The highest BCUT2D eigenvalue weighted by Crippen LogP contribution is 2.25. The number of sulfone groups is 1. The van der Waals surface area contributed by atoms with Crippen molar-refractivity contribution >= 4 is 27.3 Å². The van der Waals surface area contributed by atoms with Crippen molar-refractivity contribution in [2.45, 2.75) is 31.7 Å². The monoisotopic (exact) mass is 395 g/mol.